The topological polar surface area (TPSA) is 86.7 Å². The number of carboxylic acids is 1. The molecule has 0 radical (unpaired) electrons. The van der Waals surface area contributed by atoms with E-state index < -0.39 is 12.0 Å². The van der Waals surface area contributed by atoms with Crippen molar-refractivity contribution in [2.45, 2.75) is 69.9 Å². The van der Waals surface area contributed by atoms with Crippen molar-refractivity contribution in [1.29, 1.82) is 0 Å². The zero-order valence-corrected chi connectivity index (χ0v) is 15.4. The van der Waals surface area contributed by atoms with Gasteiger partial charge >= 0.3 is 5.97 Å². The van der Waals surface area contributed by atoms with Gasteiger partial charge in [0.15, 0.2) is 0 Å². The molecular weight excluding hydrogens is 344 g/mol. The highest BCUT2D eigenvalue weighted by Gasteiger charge is 2.47. The summed E-state index contributed by atoms with van der Waals surface area (Å²) in [5.41, 5.74) is 3.01. The highest BCUT2D eigenvalue weighted by molar-refractivity contribution is 5.99. The molecule has 4 rings (SSSR count). The minimum absolute atomic E-state index is 0.0187. The quantitative estimate of drug-likeness (QED) is 0.834. The van der Waals surface area contributed by atoms with Gasteiger partial charge in [-0.1, -0.05) is 25.0 Å². The number of fused-ring (bicyclic) bond motifs is 2. The molecule has 6 heteroatoms. The van der Waals surface area contributed by atoms with Crippen LogP contribution in [0, 0.1) is 5.92 Å². The number of hydrogen-bond acceptors (Lipinski definition) is 3. The SMILES string of the molecule is O=C1Cc2cc(CCCC(=O)N3[C@H](C(=O)O)C[C@@H]4CCCC[C@@H]43)ccc2N1. The van der Waals surface area contributed by atoms with Crippen LogP contribution in [-0.4, -0.2) is 39.9 Å². The lowest BCUT2D eigenvalue weighted by Gasteiger charge is -2.33. The average Bonchev–Trinajstić information content (AvgIpc) is 3.20. The standard InChI is InChI=1S/C21H26N2O4/c24-19-12-15-10-13(8-9-16(15)22-19)4-3-7-20(25)23-17-6-2-1-5-14(17)11-18(23)21(26)27/h8-10,14,17-18H,1-7,11-12H2,(H,22,24)(H,26,27)/t14-,17-,18-/m0/s1. The third-order valence-corrected chi connectivity index (χ3v) is 6.31. The summed E-state index contributed by atoms with van der Waals surface area (Å²) >= 11 is 0. The molecule has 3 atom stereocenters. The molecule has 144 valence electrons. The van der Waals surface area contributed by atoms with E-state index in [0.717, 1.165) is 48.9 Å². The van der Waals surface area contributed by atoms with Gasteiger partial charge in [0, 0.05) is 18.2 Å². The predicted octanol–water partition coefficient (Wildman–Crippen LogP) is 2.75. The van der Waals surface area contributed by atoms with E-state index in [2.05, 4.69) is 5.32 Å². The Kier molecular flexibility index (Phi) is 4.89. The van der Waals surface area contributed by atoms with Gasteiger partial charge < -0.3 is 15.3 Å². The summed E-state index contributed by atoms with van der Waals surface area (Å²) in [6.07, 6.45) is 7.06. The van der Waals surface area contributed by atoms with Gasteiger partial charge in [0.05, 0.1) is 6.42 Å². The van der Waals surface area contributed by atoms with Crippen molar-refractivity contribution in [2.24, 2.45) is 5.92 Å². The molecule has 2 amide bonds. The molecule has 0 unspecified atom stereocenters. The maximum atomic E-state index is 12.8. The van der Waals surface area contributed by atoms with Crippen molar-refractivity contribution < 1.29 is 19.5 Å². The molecule has 27 heavy (non-hydrogen) atoms. The largest absolute Gasteiger partial charge is 0.480 e. The van der Waals surface area contributed by atoms with Crippen LogP contribution in [0.5, 0.6) is 0 Å². The van der Waals surface area contributed by atoms with Crippen LogP contribution < -0.4 is 5.32 Å². The second-order valence-corrected chi connectivity index (χ2v) is 8.07. The summed E-state index contributed by atoms with van der Waals surface area (Å²) in [5.74, 6) is -0.512. The fourth-order valence-corrected chi connectivity index (χ4v) is 5.05. The lowest BCUT2D eigenvalue weighted by atomic mass is 9.84. The number of likely N-dealkylation sites (tertiary alicyclic amines) is 1. The van der Waals surface area contributed by atoms with E-state index in [1.165, 1.54) is 0 Å². The van der Waals surface area contributed by atoms with Crippen molar-refractivity contribution in [3.8, 4) is 0 Å². The first kappa shape index (κ1) is 18.0. The number of carboxylic acid groups (broad SMARTS) is 1. The molecule has 0 spiro atoms. The Labute approximate surface area is 158 Å². The first-order valence-corrected chi connectivity index (χ1v) is 9.98. The van der Waals surface area contributed by atoms with Gasteiger partial charge in [-0.3, -0.25) is 9.59 Å². The lowest BCUT2D eigenvalue weighted by Crippen LogP contribution is -2.46. The van der Waals surface area contributed by atoms with Crippen LogP contribution in [-0.2, 0) is 27.2 Å². The van der Waals surface area contributed by atoms with Gasteiger partial charge in [0.2, 0.25) is 11.8 Å². The predicted molar refractivity (Wildman–Crippen MR) is 100 cm³/mol. The number of aliphatic carboxylic acids is 1. The Morgan fingerprint density at radius 3 is 2.85 bits per heavy atom. The van der Waals surface area contributed by atoms with Gasteiger partial charge in [0.1, 0.15) is 6.04 Å². The number of rotatable bonds is 5. The molecule has 1 aromatic rings. The fourth-order valence-electron chi connectivity index (χ4n) is 5.05. The molecule has 2 fully saturated rings. The molecular formula is C21H26N2O4. The molecule has 0 aromatic heterocycles. The molecule has 1 aliphatic carbocycles. The second kappa shape index (κ2) is 7.33. The van der Waals surface area contributed by atoms with E-state index in [9.17, 15) is 19.5 Å². The summed E-state index contributed by atoms with van der Waals surface area (Å²) in [5, 5.41) is 12.4. The third-order valence-electron chi connectivity index (χ3n) is 6.31. The van der Waals surface area contributed by atoms with Crippen LogP contribution in [0.4, 0.5) is 5.69 Å². The van der Waals surface area contributed by atoms with E-state index >= 15 is 0 Å². The fraction of sp³-hybridized carbons (Fsp3) is 0.571. The number of amides is 2. The van der Waals surface area contributed by atoms with Crippen LogP contribution >= 0.6 is 0 Å². The zero-order valence-electron chi connectivity index (χ0n) is 15.4. The maximum Gasteiger partial charge on any atom is 0.326 e. The van der Waals surface area contributed by atoms with Crippen molar-refractivity contribution in [2.75, 3.05) is 5.32 Å². The number of nitrogens with zero attached hydrogens (tertiary/aromatic N) is 1. The average molecular weight is 370 g/mol. The minimum atomic E-state index is -0.867. The summed E-state index contributed by atoms with van der Waals surface area (Å²) < 4.78 is 0. The first-order chi connectivity index (χ1) is 13.0. The van der Waals surface area contributed by atoms with Gasteiger partial charge in [-0.25, -0.2) is 4.79 Å². The molecule has 0 bridgehead atoms. The number of carbonyl (C=O) groups excluding carboxylic acids is 2. The highest BCUT2D eigenvalue weighted by Crippen LogP contribution is 2.40. The minimum Gasteiger partial charge on any atom is -0.480 e. The molecule has 2 N–H and O–H groups in total. The van der Waals surface area contributed by atoms with Gasteiger partial charge in [-0.15, -0.1) is 0 Å². The zero-order chi connectivity index (χ0) is 19.0. The number of aryl methyl sites for hydroxylation is 1. The second-order valence-electron chi connectivity index (χ2n) is 8.07. The van der Waals surface area contributed by atoms with E-state index in [4.69, 9.17) is 0 Å². The molecule has 1 saturated heterocycles. The Balaban J connectivity index is 1.36. The Morgan fingerprint density at radius 1 is 1.22 bits per heavy atom. The van der Waals surface area contributed by atoms with E-state index in [0.29, 0.717) is 31.6 Å². The molecule has 2 aliphatic heterocycles. The number of anilines is 1. The number of hydrogen-bond donors (Lipinski definition) is 2. The summed E-state index contributed by atoms with van der Waals surface area (Å²) in [7, 11) is 0. The molecule has 2 heterocycles. The monoisotopic (exact) mass is 370 g/mol. The maximum absolute atomic E-state index is 12.8. The van der Waals surface area contributed by atoms with E-state index in [1.54, 1.807) is 4.90 Å². The normalized spacial score (nSPS) is 26.4. The van der Waals surface area contributed by atoms with Gasteiger partial charge in [0.25, 0.3) is 0 Å². The molecule has 1 aromatic carbocycles. The smallest absolute Gasteiger partial charge is 0.326 e. The van der Waals surface area contributed by atoms with Crippen molar-refractivity contribution >= 4 is 23.5 Å². The molecule has 6 nitrogen and oxygen atoms in total. The van der Waals surface area contributed by atoms with E-state index in [-0.39, 0.29) is 17.9 Å². The van der Waals surface area contributed by atoms with Gasteiger partial charge in [-0.2, -0.15) is 0 Å². The van der Waals surface area contributed by atoms with Crippen LogP contribution in [0.15, 0.2) is 18.2 Å². The number of benzene rings is 1. The summed E-state index contributed by atoms with van der Waals surface area (Å²) in [6.45, 7) is 0. The van der Waals surface area contributed by atoms with Crippen LogP contribution in [0.3, 0.4) is 0 Å². The Bertz CT molecular complexity index is 775. The Morgan fingerprint density at radius 2 is 2.04 bits per heavy atom. The summed E-state index contributed by atoms with van der Waals surface area (Å²) in [4.78, 5) is 37.7. The lowest BCUT2D eigenvalue weighted by molar-refractivity contribution is -0.149. The highest BCUT2D eigenvalue weighted by atomic mass is 16.4. The Hall–Kier alpha value is -2.37. The number of carbonyl (C=O) groups is 3. The molecule has 1 saturated carbocycles. The third kappa shape index (κ3) is 3.57. The molecule has 3 aliphatic rings. The van der Waals surface area contributed by atoms with Crippen molar-refractivity contribution in [3.05, 3.63) is 29.3 Å². The van der Waals surface area contributed by atoms with E-state index in [1.807, 2.05) is 18.2 Å². The van der Waals surface area contributed by atoms with Crippen molar-refractivity contribution in [1.82, 2.24) is 4.90 Å². The first-order valence-electron chi connectivity index (χ1n) is 9.98. The van der Waals surface area contributed by atoms with Gasteiger partial charge in [-0.05, 0) is 55.2 Å². The van der Waals surface area contributed by atoms with Crippen molar-refractivity contribution in [3.63, 3.8) is 0 Å². The number of nitrogens with one attached hydrogen (secondary N) is 1. The summed E-state index contributed by atoms with van der Waals surface area (Å²) in [6, 6.07) is 5.41. The van der Waals surface area contributed by atoms with Crippen LogP contribution in [0.1, 0.15) is 56.1 Å². The van der Waals surface area contributed by atoms with Crippen LogP contribution in [0.2, 0.25) is 0 Å². The van der Waals surface area contributed by atoms with Crippen LogP contribution in [0.25, 0.3) is 0 Å².